The Bertz CT molecular complexity index is 1170. The third-order valence-corrected chi connectivity index (χ3v) is 5.34. The number of aromatic nitrogens is 1. The van der Waals surface area contributed by atoms with Crippen molar-refractivity contribution in [2.24, 2.45) is 0 Å². The van der Waals surface area contributed by atoms with Crippen molar-refractivity contribution in [1.82, 2.24) is 4.98 Å². The van der Waals surface area contributed by atoms with Crippen molar-refractivity contribution in [3.63, 3.8) is 0 Å². The maximum atomic E-state index is 13.6. The summed E-state index contributed by atoms with van der Waals surface area (Å²) >= 11 is 1.52. The molecule has 2 heterocycles. The van der Waals surface area contributed by atoms with Crippen LogP contribution in [0.5, 0.6) is 17.2 Å². The van der Waals surface area contributed by atoms with E-state index in [9.17, 15) is 4.79 Å². The zero-order valence-corrected chi connectivity index (χ0v) is 17.5. The SMILES string of the molecule is COc1cc(C(=O)C(=Cc2cccs2)c2nc3ccccc3o2)cc(OC)c1OC. The number of carbonyl (C=O) groups is 1. The number of rotatable bonds is 7. The topological polar surface area (TPSA) is 70.8 Å². The molecule has 4 aromatic rings. The van der Waals surface area contributed by atoms with Crippen LogP contribution in [0.15, 0.2) is 58.3 Å². The number of benzene rings is 2. The third-order valence-electron chi connectivity index (χ3n) is 4.53. The number of ketones is 1. The van der Waals surface area contributed by atoms with Crippen LogP contribution in [0.1, 0.15) is 21.1 Å². The molecule has 2 aromatic heterocycles. The number of oxazole rings is 1. The summed E-state index contributed by atoms with van der Waals surface area (Å²) in [7, 11) is 4.53. The first-order valence-corrected chi connectivity index (χ1v) is 9.98. The van der Waals surface area contributed by atoms with Gasteiger partial charge in [-0.25, -0.2) is 4.98 Å². The van der Waals surface area contributed by atoms with Crippen LogP contribution in [-0.2, 0) is 0 Å². The van der Waals surface area contributed by atoms with Crippen LogP contribution in [0.3, 0.4) is 0 Å². The van der Waals surface area contributed by atoms with Gasteiger partial charge in [-0.3, -0.25) is 4.79 Å². The zero-order chi connectivity index (χ0) is 21.1. The Kier molecular flexibility index (Phi) is 5.54. The first-order chi connectivity index (χ1) is 14.6. The molecule has 0 bridgehead atoms. The van der Waals surface area contributed by atoms with Gasteiger partial charge in [0.1, 0.15) is 5.52 Å². The fraction of sp³-hybridized carbons (Fsp3) is 0.130. The molecule has 2 aromatic carbocycles. The summed E-state index contributed by atoms with van der Waals surface area (Å²) in [6.45, 7) is 0. The molecule has 0 aliphatic rings. The van der Waals surface area contributed by atoms with E-state index in [2.05, 4.69) is 4.98 Å². The molecule has 7 heteroatoms. The molecule has 0 N–H and O–H groups in total. The Hall–Kier alpha value is -3.58. The lowest BCUT2D eigenvalue weighted by Gasteiger charge is -2.14. The van der Waals surface area contributed by atoms with Crippen molar-refractivity contribution in [3.05, 3.63) is 70.2 Å². The van der Waals surface area contributed by atoms with Crippen LogP contribution < -0.4 is 14.2 Å². The third kappa shape index (κ3) is 3.67. The molecule has 0 unspecified atom stereocenters. The lowest BCUT2D eigenvalue weighted by molar-refractivity contribution is 0.105. The normalized spacial score (nSPS) is 11.5. The van der Waals surface area contributed by atoms with Gasteiger partial charge >= 0.3 is 0 Å². The summed E-state index contributed by atoms with van der Waals surface area (Å²) in [6, 6.07) is 14.5. The molecule has 30 heavy (non-hydrogen) atoms. The molecule has 0 spiro atoms. The number of methoxy groups -OCH3 is 3. The molecule has 0 aliphatic heterocycles. The van der Waals surface area contributed by atoms with Gasteiger partial charge in [0.25, 0.3) is 0 Å². The highest BCUT2D eigenvalue weighted by molar-refractivity contribution is 7.11. The van der Waals surface area contributed by atoms with Crippen LogP contribution in [0, 0.1) is 0 Å². The predicted octanol–water partition coefficient (Wildman–Crippen LogP) is 5.34. The summed E-state index contributed by atoms with van der Waals surface area (Å²) in [5.41, 5.74) is 2.00. The zero-order valence-electron chi connectivity index (χ0n) is 16.7. The summed E-state index contributed by atoms with van der Waals surface area (Å²) in [5.74, 6) is 1.20. The number of para-hydroxylation sites is 2. The van der Waals surface area contributed by atoms with E-state index in [0.717, 1.165) is 4.88 Å². The van der Waals surface area contributed by atoms with Crippen molar-refractivity contribution >= 4 is 39.9 Å². The second-order valence-electron chi connectivity index (χ2n) is 6.30. The van der Waals surface area contributed by atoms with Crippen LogP contribution in [0.25, 0.3) is 22.7 Å². The number of hydrogen-bond donors (Lipinski definition) is 0. The molecule has 0 saturated carbocycles. The smallest absolute Gasteiger partial charge is 0.231 e. The van der Waals surface area contributed by atoms with Gasteiger partial charge in [-0.1, -0.05) is 18.2 Å². The maximum Gasteiger partial charge on any atom is 0.231 e. The Morgan fingerprint density at radius 1 is 1.00 bits per heavy atom. The monoisotopic (exact) mass is 421 g/mol. The Morgan fingerprint density at radius 3 is 2.33 bits per heavy atom. The molecule has 0 atom stereocenters. The van der Waals surface area contributed by atoms with Crippen LogP contribution in [0.4, 0.5) is 0 Å². The number of carbonyl (C=O) groups excluding carboxylic acids is 1. The van der Waals surface area contributed by atoms with Gasteiger partial charge in [-0.05, 0) is 41.8 Å². The summed E-state index contributed by atoms with van der Waals surface area (Å²) in [5, 5.41) is 1.94. The Labute approximate surface area is 177 Å². The van der Waals surface area contributed by atoms with E-state index in [0.29, 0.717) is 39.5 Å². The van der Waals surface area contributed by atoms with Gasteiger partial charge in [-0.15, -0.1) is 11.3 Å². The van der Waals surface area contributed by atoms with E-state index in [1.54, 1.807) is 18.2 Å². The lowest BCUT2D eigenvalue weighted by atomic mass is 10.0. The molecule has 0 fully saturated rings. The van der Waals surface area contributed by atoms with Crippen molar-refractivity contribution in [3.8, 4) is 17.2 Å². The minimum atomic E-state index is -0.269. The van der Waals surface area contributed by atoms with Crippen molar-refractivity contribution in [1.29, 1.82) is 0 Å². The van der Waals surface area contributed by atoms with Crippen molar-refractivity contribution in [2.75, 3.05) is 21.3 Å². The van der Waals surface area contributed by atoms with Gasteiger partial charge in [-0.2, -0.15) is 0 Å². The fourth-order valence-corrected chi connectivity index (χ4v) is 3.75. The van der Waals surface area contributed by atoms with E-state index in [1.807, 2.05) is 41.8 Å². The van der Waals surface area contributed by atoms with Gasteiger partial charge in [0.15, 0.2) is 22.9 Å². The first-order valence-electron chi connectivity index (χ1n) is 9.10. The Balaban J connectivity index is 1.86. The summed E-state index contributed by atoms with van der Waals surface area (Å²) in [6.07, 6.45) is 1.78. The average molecular weight is 421 g/mol. The van der Waals surface area contributed by atoms with Gasteiger partial charge < -0.3 is 18.6 Å². The van der Waals surface area contributed by atoms with E-state index >= 15 is 0 Å². The molecule has 0 radical (unpaired) electrons. The highest BCUT2D eigenvalue weighted by Gasteiger charge is 2.24. The minimum Gasteiger partial charge on any atom is -0.493 e. The number of fused-ring (bicyclic) bond motifs is 1. The van der Waals surface area contributed by atoms with Crippen LogP contribution >= 0.6 is 11.3 Å². The van der Waals surface area contributed by atoms with E-state index in [4.69, 9.17) is 18.6 Å². The van der Waals surface area contributed by atoms with E-state index < -0.39 is 0 Å². The highest BCUT2D eigenvalue weighted by Crippen LogP contribution is 2.39. The fourth-order valence-electron chi connectivity index (χ4n) is 3.10. The summed E-state index contributed by atoms with van der Waals surface area (Å²) in [4.78, 5) is 19.0. The minimum absolute atomic E-state index is 0.253. The van der Waals surface area contributed by atoms with E-state index in [1.165, 1.54) is 32.7 Å². The molecular formula is C23H19NO5S. The number of hydrogen-bond acceptors (Lipinski definition) is 7. The van der Waals surface area contributed by atoms with E-state index in [-0.39, 0.29) is 11.7 Å². The molecule has 6 nitrogen and oxygen atoms in total. The second-order valence-corrected chi connectivity index (χ2v) is 7.28. The lowest BCUT2D eigenvalue weighted by Crippen LogP contribution is -2.05. The molecule has 4 rings (SSSR count). The van der Waals surface area contributed by atoms with Crippen molar-refractivity contribution in [2.45, 2.75) is 0 Å². The largest absolute Gasteiger partial charge is 0.493 e. The first kappa shape index (κ1) is 19.7. The molecule has 152 valence electrons. The number of nitrogens with zero attached hydrogens (tertiary/aromatic N) is 1. The maximum absolute atomic E-state index is 13.6. The predicted molar refractivity (Wildman–Crippen MR) is 117 cm³/mol. The van der Waals surface area contributed by atoms with Gasteiger partial charge in [0.2, 0.25) is 11.6 Å². The van der Waals surface area contributed by atoms with Gasteiger partial charge in [0.05, 0.1) is 26.9 Å². The number of ether oxygens (including phenoxy) is 3. The number of thiophene rings is 1. The van der Waals surface area contributed by atoms with Crippen molar-refractivity contribution < 1.29 is 23.4 Å². The van der Waals surface area contributed by atoms with Crippen LogP contribution in [0.2, 0.25) is 0 Å². The summed E-state index contributed by atoms with van der Waals surface area (Å²) < 4.78 is 22.0. The number of Topliss-reactive ketones (excluding diaryl/α,β-unsaturated/α-hetero) is 1. The number of allylic oxidation sites excluding steroid dienone is 1. The van der Waals surface area contributed by atoms with Crippen LogP contribution in [-0.4, -0.2) is 32.1 Å². The van der Waals surface area contributed by atoms with Gasteiger partial charge in [0, 0.05) is 10.4 Å². The molecular weight excluding hydrogens is 402 g/mol. The highest BCUT2D eigenvalue weighted by atomic mass is 32.1. The quantitative estimate of drug-likeness (QED) is 0.296. The molecule has 0 aliphatic carbocycles. The molecule has 0 saturated heterocycles. The Morgan fingerprint density at radius 2 is 1.73 bits per heavy atom. The molecule has 0 amide bonds. The average Bonchev–Trinajstić information content (AvgIpc) is 3.45. The second kappa shape index (κ2) is 8.42. The standard InChI is InChI=1S/C23H19NO5S/c1-26-19-11-14(12-20(27-2)22(19)28-3)21(25)16(13-15-7-6-10-30-15)23-24-17-8-4-5-9-18(17)29-23/h4-13H,1-3H3.